The van der Waals surface area contributed by atoms with Crippen molar-refractivity contribution in [2.24, 2.45) is 5.92 Å². The normalized spacial score (nSPS) is 28.2. The molecule has 2 aromatic carbocycles. The lowest BCUT2D eigenvalue weighted by Crippen LogP contribution is -2.59. The van der Waals surface area contributed by atoms with E-state index in [9.17, 15) is 4.79 Å². The zero-order valence-corrected chi connectivity index (χ0v) is 17.4. The Balaban J connectivity index is 1.49. The third kappa shape index (κ3) is 2.96. The molecule has 0 aromatic heterocycles. The smallest absolute Gasteiger partial charge is 0.259 e. The molecule has 3 aliphatic rings. The quantitative estimate of drug-likeness (QED) is 0.830. The maximum absolute atomic E-state index is 12.9. The van der Waals surface area contributed by atoms with Gasteiger partial charge in [-0.3, -0.25) is 4.79 Å². The fourth-order valence-corrected chi connectivity index (χ4v) is 6.31. The van der Waals surface area contributed by atoms with Crippen molar-refractivity contribution in [3.63, 3.8) is 0 Å². The highest BCUT2D eigenvalue weighted by atomic mass is 16.5. The summed E-state index contributed by atoms with van der Waals surface area (Å²) in [6.45, 7) is 1.18. The summed E-state index contributed by atoms with van der Waals surface area (Å²) in [5, 5.41) is 3.13. The molecule has 1 heterocycles. The van der Waals surface area contributed by atoms with E-state index in [1.54, 1.807) is 7.11 Å². The van der Waals surface area contributed by atoms with Gasteiger partial charge in [-0.25, -0.2) is 0 Å². The van der Waals surface area contributed by atoms with Crippen LogP contribution in [0.4, 0.5) is 5.69 Å². The first-order valence-electron chi connectivity index (χ1n) is 10.9. The number of nitrogens with one attached hydrogen (secondary N) is 1. The third-order valence-electron chi connectivity index (χ3n) is 7.72. The highest BCUT2D eigenvalue weighted by Gasteiger charge is 2.53. The first kappa shape index (κ1) is 18.7. The predicted molar refractivity (Wildman–Crippen MR) is 116 cm³/mol. The van der Waals surface area contributed by atoms with E-state index in [0.29, 0.717) is 22.8 Å². The molecule has 0 unspecified atom stereocenters. The number of ether oxygens (including phenoxy) is 1. The molecule has 3 atom stereocenters. The molecule has 0 radical (unpaired) electrons. The number of fused-ring (bicyclic) bond motifs is 1. The molecule has 29 heavy (non-hydrogen) atoms. The number of piperidine rings is 1. The third-order valence-corrected chi connectivity index (χ3v) is 7.72. The van der Waals surface area contributed by atoms with Gasteiger partial charge in [-0.15, -0.1) is 0 Å². The summed E-state index contributed by atoms with van der Waals surface area (Å²) in [6, 6.07) is 14.7. The topological polar surface area (TPSA) is 41.6 Å². The lowest BCUT2D eigenvalue weighted by molar-refractivity contribution is 0.00290. The number of amides is 1. The van der Waals surface area contributed by atoms with Crippen molar-refractivity contribution >= 4 is 11.6 Å². The van der Waals surface area contributed by atoms with Crippen LogP contribution in [0.5, 0.6) is 5.75 Å². The Labute approximate surface area is 173 Å². The number of likely N-dealkylation sites (tertiary alicyclic amines) is 1. The molecule has 4 heteroatoms. The summed E-state index contributed by atoms with van der Waals surface area (Å²) in [4.78, 5) is 15.5. The summed E-state index contributed by atoms with van der Waals surface area (Å²) in [5.41, 5.74) is 4.75. The summed E-state index contributed by atoms with van der Waals surface area (Å²) >= 11 is 0. The molecule has 152 valence electrons. The monoisotopic (exact) mass is 390 g/mol. The summed E-state index contributed by atoms with van der Waals surface area (Å²) < 4.78 is 5.36. The molecule has 1 aliphatic heterocycles. The number of benzene rings is 2. The molecule has 2 aromatic rings. The molecule has 2 bridgehead atoms. The van der Waals surface area contributed by atoms with Crippen molar-refractivity contribution < 1.29 is 9.53 Å². The second kappa shape index (κ2) is 7.17. The zero-order valence-electron chi connectivity index (χ0n) is 17.4. The van der Waals surface area contributed by atoms with Gasteiger partial charge in [0, 0.05) is 17.1 Å². The molecule has 5 rings (SSSR count). The SMILES string of the molecule is COc1ccccc1C(=O)Nc1ccc2c(c1)[C@@]13CCCC[C@H]1[C@@H](C2)N(C)CC3. The van der Waals surface area contributed by atoms with Gasteiger partial charge in [0.05, 0.1) is 12.7 Å². The Morgan fingerprint density at radius 3 is 2.90 bits per heavy atom. The Hall–Kier alpha value is -2.33. The van der Waals surface area contributed by atoms with Crippen LogP contribution in [0.25, 0.3) is 0 Å². The molecular weight excluding hydrogens is 360 g/mol. The molecule has 1 saturated heterocycles. The van der Waals surface area contributed by atoms with Gasteiger partial charge < -0.3 is 15.0 Å². The van der Waals surface area contributed by atoms with Gasteiger partial charge in [-0.2, -0.15) is 0 Å². The highest BCUT2D eigenvalue weighted by Crippen LogP contribution is 2.55. The van der Waals surface area contributed by atoms with Gasteiger partial charge in [-0.1, -0.05) is 31.0 Å². The first-order chi connectivity index (χ1) is 14.1. The van der Waals surface area contributed by atoms with Crippen LogP contribution < -0.4 is 10.1 Å². The number of likely N-dealkylation sites (N-methyl/N-ethyl adjacent to an activating group) is 1. The van der Waals surface area contributed by atoms with Gasteiger partial charge >= 0.3 is 0 Å². The van der Waals surface area contributed by atoms with Gasteiger partial charge in [0.1, 0.15) is 5.75 Å². The maximum atomic E-state index is 12.9. The van der Waals surface area contributed by atoms with Crippen LogP contribution in [0.1, 0.15) is 53.6 Å². The summed E-state index contributed by atoms with van der Waals surface area (Å²) in [5.74, 6) is 1.24. The van der Waals surface area contributed by atoms with Crippen LogP contribution in [-0.2, 0) is 11.8 Å². The number of hydrogen-bond donors (Lipinski definition) is 1. The van der Waals surface area contributed by atoms with Crippen molar-refractivity contribution in [2.75, 3.05) is 26.0 Å². The van der Waals surface area contributed by atoms with Gasteiger partial charge in [0.15, 0.2) is 0 Å². The summed E-state index contributed by atoms with van der Waals surface area (Å²) in [6.07, 6.45) is 7.69. The van der Waals surface area contributed by atoms with Crippen LogP contribution >= 0.6 is 0 Å². The van der Waals surface area contributed by atoms with Crippen LogP contribution in [0.15, 0.2) is 42.5 Å². The average molecular weight is 391 g/mol. The lowest BCUT2D eigenvalue weighted by atomic mass is 9.52. The second-order valence-corrected chi connectivity index (χ2v) is 9.04. The molecule has 1 amide bonds. The number of nitrogens with zero attached hydrogens (tertiary/aromatic N) is 1. The lowest BCUT2D eigenvalue weighted by Gasteiger charge is -2.58. The molecule has 1 saturated carbocycles. The number of hydrogen-bond acceptors (Lipinski definition) is 3. The number of carbonyl (C=O) groups is 1. The number of anilines is 1. The van der Waals surface area contributed by atoms with E-state index < -0.39 is 0 Å². The van der Waals surface area contributed by atoms with Crippen molar-refractivity contribution in [3.05, 3.63) is 59.2 Å². The highest BCUT2D eigenvalue weighted by molar-refractivity contribution is 6.06. The molecule has 2 aliphatic carbocycles. The van der Waals surface area contributed by atoms with Gasteiger partial charge in [0.25, 0.3) is 5.91 Å². The minimum atomic E-state index is -0.114. The Morgan fingerprint density at radius 1 is 1.17 bits per heavy atom. The largest absolute Gasteiger partial charge is 0.496 e. The Kier molecular flexibility index (Phi) is 4.62. The molecular formula is C25H30N2O2. The van der Waals surface area contributed by atoms with Crippen molar-refractivity contribution in [1.29, 1.82) is 0 Å². The fourth-order valence-electron chi connectivity index (χ4n) is 6.31. The van der Waals surface area contributed by atoms with E-state index in [2.05, 4.69) is 35.5 Å². The fraction of sp³-hybridized carbons (Fsp3) is 0.480. The van der Waals surface area contributed by atoms with E-state index in [0.717, 1.165) is 18.0 Å². The van der Waals surface area contributed by atoms with E-state index >= 15 is 0 Å². The van der Waals surface area contributed by atoms with Crippen molar-refractivity contribution in [1.82, 2.24) is 4.90 Å². The van der Waals surface area contributed by atoms with E-state index in [-0.39, 0.29) is 5.91 Å². The predicted octanol–water partition coefficient (Wildman–Crippen LogP) is 4.64. The minimum Gasteiger partial charge on any atom is -0.496 e. The number of para-hydroxylation sites is 1. The standard InChI is InChI=1S/C25H30N2O2/c1-27-14-13-25-12-6-5-8-20(25)22(27)15-17-10-11-18(16-21(17)25)26-24(28)19-7-3-4-9-23(19)29-2/h3-4,7,9-11,16,20,22H,5-6,8,12-15H2,1-2H3,(H,26,28)/t20-,22+,25+/m0/s1. The Morgan fingerprint density at radius 2 is 2.03 bits per heavy atom. The molecule has 2 fully saturated rings. The average Bonchev–Trinajstić information content (AvgIpc) is 2.76. The number of carbonyl (C=O) groups excluding carboxylic acids is 1. The van der Waals surface area contributed by atoms with Crippen LogP contribution in [0, 0.1) is 5.92 Å². The van der Waals surface area contributed by atoms with Crippen molar-refractivity contribution in [3.8, 4) is 5.75 Å². The maximum Gasteiger partial charge on any atom is 0.259 e. The minimum absolute atomic E-state index is 0.114. The van der Waals surface area contributed by atoms with Crippen LogP contribution in [0.2, 0.25) is 0 Å². The van der Waals surface area contributed by atoms with Crippen LogP contribution in [0.3, 0.4) is 0 Å². The second-order valence-electron chi connectivity index (χ2n) is 9.04. The summed E-state index contributed by atoms with van der Waals surface area (Å²) in [7, 11) is 3.90. The molecule has 0 spiro atoms. The zero-order chi connectivity index (χ0) is 20.0. The van der Waals surface area contributed by atoms with Gasteiger partial charge in [-0.05, 0) is 80.6 Å². The van der Waals surface area contributed by atoms with E-state index in [1.807, 2.05) is 24.3 Å². The van der Waals surface area contributed by atoms with Gasteiger partial charge in [0.2, 0.25) is 0 Å². The number of rotatable bonds is 3. The van der Waals surface area contributed by atoms with Crippen molar-refractivity contribution in [2.45, 2.75) is 50.0 Å². The van der Waals surface area contributed by atoms with E-state index in [4.69, 9.17) is 4.74 Å². The van der Waals surface area contributed by atoms with E-state index in [1.165, 1.54) is 49.8 Å². The molecule has 1 N–H and O–H groups in total. The Bertz CT molecular complexity index is 940. The first-order valence-corrected chi connectivity index (χ1v) is 10.9. The molecule has 4 nitrogen and oxygen atoms in total. The van der Waals surface area contributed by atoms with Crippen LogP contribution in [-0.4, -0.2) is 37.6 Å². The number of methoxy groups -OCH3 is 1.